The van der Waals surface area contributed by atoms with Crippen LogP contribution < -0.4 is 4.74 Å². The lowest BCUT2D eigenvalue weighted by atomic mass is 9.83. The summed E-state index contributed by atoms with van der Waals surface area (Å²) in [6.45, 7) is 8.86. The van der Waals surface area contributed by atoms with Crippen molar-refractivity contribution in [1.82, 2.24) is 0 Å². The van der Waals surface area contributed by atoms with E-state index in [1.54, 1.807) is 0 Å². The maximum Gasteiger partial charge on any atom is 0.122 e. The summed E-state index contributed by atoms with van der Waals surface area (Å²) < 4.78 is 11.6. The Bertz CT molecular complexity index is 437. The molecule has 0 saturated carbocycles. The maximum absolute atomic E-state index is 6.15. The molecule has 0 amide bonds. The molecule has 2 nitrogen and oxygen atoms in total. The molecule has 19 heavy (non-hydrogen) atoms. The van der Waals surface area contributed by atoms with Gasteiger partial charge >= 0.3 is 0 Å². The van der Waals surface area contributed by atoms with E-state index in [0.717, 1.165) is 43.7 Å². The molecule has 1 aliphatic heterocycles. The SMILES string of the molecule is Cc1cc(C)c(C)c(OCC2(CBr)CCOCC2)c1. The van der Waals surface area contributed by atoms with Gasteiger partial charge in [0.1, 0.15) is 5.75 Å². The number of rotatable bonds is 4. The molecule has 2 rings (SSSR count). The van der Waals surface area contributed by atoms with E-state index in [-0.39, 0.29) is 5.41 Å². The van der Waals surface area contributed by atoms with Gasteiger partial charge in [0, 0.05) is 24.0 Å². The van der Waals surface area contributed by atoms with E-state index in [0.29, 0.717) is 0 Å². The predicted molar refractivity (Wildman–Crippen MR) is 82.4 cm³/mol. The van der Waals surface area contributed by atoms with Crippen LogP contribution in [0.3, 0.4) is 0 Å². The van der Waals surface area contributed by atoms with Gasteiger partial charge in [-0.2, -0.15) is 0 Å². The van der Waals surface area contributed by atoms with Crippen molar-refractivity contribution in [2.45, 2.75) is 33.6 Å². The summed E-state index contributed by atoms with van der Waals surface area (Å²) in [7, 11) is 0. The highest BCUT2D eigenvalue weighted by Gasteiger charge is 2.32. The zero-order chi connectivity index (χ0) is 13.9. The second kappa shape index (κ2) is 6.27. The summed E-state index contributed by atoms with van der Waals surface area (Å²) in [4.78, 5) is 0. The lowest BCUT2D eigenvalue weighted by Gasteiger charge is -2.35. The van der Waals surface area contributed by atoms with Crippen LogP contribution in [0.4, 0.5) is 0 Å². The predicted octanol–water partition coefficient (Wildman–Crippen LogP) is 4.18. The van der Waals surface area contributed by atoms with E-state index in [1.807, 2.05) is 0 Å². The van der Waals surface area contributed by atoms with Crippen LogP contribution in [0, 0.1) is 26.2 Å². The van der Waals surface area contributed by atoms with Crippen LogP contribution in [0.5, 0.6) is 5.75 Å². The summed E-state index contributed by atoms with van der Waals surface area (Å²) in [5.41, 5.74) is 4.04. The smallest absolute Gasteiger partial charge is 0.122 e. The van der Waals surface area contributed by atoms with Crippen LogP contribution in [0.15, 0.2) is 12.1 Å². The molecule has 0 aromatic heterocycles. The summed E-state index contributed by atoms with van der Waals surface area (Å²) in [6, 6.07) is 4.35. The first-order valence-electron chi connectivity index (χ1n) is 6.91. The monoisotopic (exact) mass is 326 g/mol. The third kappa shape index (κ3) is 3.51. The summed E-state index contributed by atoms with van der Waals surface area (Å²) >= 11 is 3.65. The van der Waals surface area contributed by atoms with Crippen LogP contribution in [-0.2, 0) is 4.74 Å². The molecular weight excluding hydrogens is 304 g/mol. The van der Waals surface area contributed by atoms with Gasteiger partial charge in [-0.05, 0) is 56.4 Å². The fraction of sp³-hybridized carbons (Fsp3) is 0.625. The topological polar surface area (TPSA) is 18.5 Å². The van der Waals surface area contributed by atoms with Crippen LogP contribution in [0.25, 0.3) is 0 Å². The van der Waals surface area contributed by atoms with Crippen molar-refractivity contribution >= 4 is 15.9 Å². The van der Waals surface area contributed by atoms with Gasteiger partial charge in [-0.3, -0.25) is 0 Å². The van der Waals surface area contributed by atoms with E-state index >= 15 is 0 Å². The molecule has 0 N–H and O–H groups in total. The summed E-state index contributed by atoms with van der Waals surface area (Å²) in [5, 5.41) is 0.979. The second-order valence-electron chi connectivity index (χ2n) is 5.74. The van der Waals surface area contributed by atoms with Crippen LogP contribution >= 0.6 is 15.9 Å². The molecule has 0 spiro atoms. The number of ether oxygens (including phenoxy) is 2. The zero-order valence-electron chi connectivity index (χ0n) is 12.1. The Labute approximate surface area is 124 Å². The van der Waals surface area contributed by atoms with Crippen molar-refractivity contribution < 1.29 is 9.47 Å². The molecule has 106 valence electrons. The van der Waals surface area contributed by atoms with Gasteiger partial charge in [0.15, 0.2) is 0 Å². The van der Waals surface area contributed by atoms with Crippen LogP contribution in [-0.4, -0.2) is 25.2 Å². The first-order valence-corrected chi connectivity index (χ1v) is 8.03. The Morgan fingerprint density at radius 2 is 1.89 bits per heavy atom. The van der Waals surface area contributed by atoms with Crippen molar-refractivity contribution in [3.8, 4) is 5.75 Å². The van der Waals surface area contributed by atoms with Crippen molar-refractivity contribution in [3.63, 3.8) is 0 Å². The molecule has 1 heterocycles. The summed E-state index contributed by atoms with van der Waals surface area (Å²) in [6.07, 6.45) is 2.14. The molecule has 1 aliphatic rings. The molecule has 0 atom stereocenters. The Morgan fingerprint density at radius 1 is 1.21 bits per heavy atom. The van der Waals surface area contributed by atoms with Gasteiger partial charge in [-0.15, -0.1) is 0 Å². The molecular formula is C16H23BrO2. The molecule has 0 radical (unpaired) electrons. The number of halogens is 1. The minimum Gasteiger partial charge on any atom is -0.493 e. The summed E-state index contributed by atoms with van der Waals surface area (Å²) in [5.74, 6) is 1.03. The molecule has 1 fully saturated rings. The lowest BCUT2D eigenvalue weighted by molar-refractivity contribution is 0.00341. The van der Waals surface area contributed by atoms with Gasteiger partial charge in [0.2, 0.25) is 0 Å². The van der Waals surface area contributed by atoms with Crippen molar-refractivity contribution in [2.75, 3.05) is 25.2 Å². The zero-order valence-corrected chi connectivity index (χ0v) is 13.7. The highest BCUT2D eigenvalue weighted by Crippen LogP contribution is 2.34. The average Bonchev–Trinajstić information content (AvgIpc) is 2.42. The Kier molecular flexibility index (Phi) is 4.91. The molecule has 0 bridgehead atoms. The van der Waals surface area contributed by atoms with E-state index in [4.69, 9.17) is 9.47 Å². The number of hydrogen-bond acceptors (Lipinski definition) is 2. The number of alkyl halides is 1. The fourth-order valence-electron chi connectivity index (χ4n) is 2.50. The quantitative estimate of drug-likeness (QED) is 0.772. The van der Waals surface area contributed by atoms with Crippen molar-refractivity contribution in [2.24, 2.45) is 5.41 Å². The molecule has 1 aromatic carbocycles. The Balaban J connectivity index is 2.09. The van der Waals surface area contributed by atoms with Gasteiger partial charge in [0.05, 0.1) is 6.61 Å². The number of benzene rings is 1. The molecule has 0 aliphatic carbocycles. The normalized spacial score (nSPS) is 18.3. The van der Waals surface area contributed by atoms with E-state index in [1.165, 1.54) is 16.7 Å². The Hall–Kier alpha value is -0.540. The van der Waals surface area contributed by atoms with Gasteiger partial charge in [0.25, 0.3) is 0 Å². The van der Waals surface area contributed by atoms with Crippen LogP contribution in [0.2, 0.25) is 0 Å². The molecule has 1 aromatic rings. The van der Waals surface area contributed by atoms with Crippen molar-refractivity contribution in [1.29, 1.82) is 0 Å². The first kappa shape index (κ1) is 14.9. The third-order valence-electron chi connectivity index (χ3n) is 4.13. The minimum atomic E-state index is 0.225. The van der Waals surface area contributed by atoms with Crippen molar-refractivity contribution in [3.05, 3.63) is 28.8 Å². The average molecular weight is 327 g/mol. The first-order chi connectivity index (χ1) is 9.06. The molecule has 3 heteroatoms. The lowest BCUT2D eigenvalue weighted by Crippen LogP contribution is -2.36. The van der Waals surface area contributed by atoms with Gasteiger partial charge in [-0.25, -0.2) is 0 Å². The van der Waals surface area contributed by atoms with Gasteiger partial charge < -0.3 is 9.47 Å². The number of aryl methyl sites for hydroxylation is 2. The van der Waals surface area contributed by atoms with E-state index in [2.05, 4.69) is 48.8 Å². The van der Waals surface area contributed by atoms with Gasteiger partial charge in [-0.1, -0.05) is 22.0 Å². The second-order valence-corrected chi connectivity index (χ2v) is 6.30. The highest BCUT2D eigenvalue weighted by atomic mass is 79.9. The van der Waals surface area contributed by atoms with Crippen LogP contribution in [0.1, 0.15) is 29.5 Å². The van der Waals surface area contributed by atoms with E-state index < -0.39 is 0 Å². The fourth-order valence-corrected chi connectivity index (χ4v) is 3.23. The largest absolute Gasteiger partial charge is 0.493 e. The maximum atomic E-state index is 6.15. The molecule has 1 saturated heterocycles. The number of hydrogen-bond donors (Lipinski definition) is 0. The third-order valence-corrected chi connectivity index (χ3v) is 5.32. The molecule has 0 unspecified atom stereocenters. The highest BCUT2D eigenvalue weighted by molar-refractivity contribution is 9.09. The Morgan fingerprint density at radius 3 is 2.53 bits per heavy atom. The standard InChI is InChI=1S/C16H23BrO2/c1-12-8-13(2)14(3)15(9-12)19-11-16(10-17)4-6-18-7-5-16/h8-9H,4-7,10-11H2,1-3H3. The van der Waals surface area contributed by atoms with E-state index in [9.17, 15) is 0 Å². The minimum absolute atomic E-state index is 0.225.